The molecule has 110 valence electrons. The molecule has 0 unspecified atom stereocenters. The molecule has 3 aromatic rings. The third-order valence-corrected chi connectivity index (χ3v) is 3.48. The number of nitrogens with zero attached hydrogens (tertiary/aromatic N) is 2. The number of nitrogens with one attached hydrogen (secondary N) is 1. The molecule has 0 spiro atoms. The fourth-order valence-corrected chi connectivity index (χ4v) is 2.33. The zero-order valence-electron chi connectivity index (χ0n) is 11.2. The van der Waals surface area contributed by atoms with Crippen molar-refractivity contribution >= 4 is 23.3 Å². The van der Waals surface area contributed by atoms with Crippen molar-refractivity contribution in [3.63, 3.8) is 0 Å². The van der Waals surface area contributed by atoms with Crippen molar-refractivity contribution < 1.29 is 13.9 Å². The molecular weight excluding hydrogens is 306 g/mol. The monoisotopic (exact) mass is 315 g/mol. The lowest BCUT2D eigenvalue weighted by Gasteiger charge is -2.02. The van der Waals surface area contributed by atoms with E-state index in [1.165, 1.54) is 0 Å². The first-order chi connectivity index (χ1) is 10.8. The Morgan fingerprint density at radius 3 is 2.77 bits per heavy atom. The lowest BCUT2D eigenvalue weighted by atomic mass is 10.2. The van der Waals surface area contributed by atoms with E-state index in [1.54, 1.807) is 6.07 Å². The fourth-order valence-electron chi connectivity index (χ4n) is 2.12. The highest BCUT2D eigenvalue weighted by atomic mass is 35.5. The molecule has 1 aliphatic heterocycles. The number of halogens is 1. The molecular formula is C15H10ClN3O3. The number of rotatable bonds is 3. The summed E-state index contributed by atoms with van der Waals surface area (Å²) < 4.78 is 16.2. The quantitative estimate of drug-likeness (QED) is 0.791. The minimum absolute atomic E-state index is 0.232. The summed E-state index contributed by atoms with van der Waals surface area (Å²) in [6.45, 7) is 0.232. The summed E-state index contributed by atoms with van der Waals surface area (Å²) in [6, 6.07) is 13.0. The smallest absolute Gasteiger partial charge is 0.320 e. The van der Waals surface area contributed by atoms with E-state index < -0.39 is 0 Å². The third kappa shape index (κ3) is 2.33. The first kappa shape index (κ1) is 13.0. The molecule has 6 nitrogen and oxygen atoms in total. The molecule has 1 N–H and O–H groups in total. The molecule has 0 saturated carbocycles. The standard InChI is InChI=1S/C15H10ClN3O3/c16-11-4-2-1-3-10(11)14-18-19-15(22-14)17-9-5-6-12-13(7-9)21-8-20-12/h1-7H,8H2,(H,17,19). The van der Waals surface area contributed by atoms with Crippen molar-refractivity contribution in [1.29, 1.82) is 0 Å². The van der Waals surface area contributed by atoms with Gasteiger partial charge in [0.2, 0.25) is 6.79 Å². The van der Waals surface area contributed by atoms with Gasteiger partial charge in [0.15, 0.2) is 11.5 Å². The first-order valence-electron chi connectivity index (χ1n) is 6.55. The van der Waals surface area contributed by atoms with Crippen LogP contribution >= 0.6 is 11.6 Å². The van der Waals surface area contributed by atoms with Gasteiger partial charge in [0.1, 0.15) is 0 Å². The van der Waals surface area contributed by atoms with E-state index in [1.807, 2.05) is 36.4 Å². The van der Waals surface area contributed by atoms with E-state index in [-0.39, 0.29) is 12.8 Å². The van der Waals surface area contributed by atoms with Crippen LogP contribution in [0, 0.1) is 0 Å². The zero-order valence-corrected chi connectivity index (χ0v) is 12.0. The molecule has 2 heterocycles. The van der Waals surface area contributed by atoms with E-state index in [0.717, 1.165) is 5.69 Å². The van der Waals surface area contributed by atoms with Crippen LogP contribution in [0.5, 0.6) is 11.5 Å². The number of hydrogen-bond acceptors (Lipinski definition) is 6. The molecule has 2 aromatic carbocycles. The van der Waals surface area contributed by atoms with Crippen LogP contribution < -0.4 is 14.8 Å². The lowest BCUT2D eigenvalue weighted by Crippen LogP contribution is -1.93. The average molecular weight is 316 g/mol. The molecule has 0 saturated heterocycles. The second-order valence-corrected chi connectivity index (χ2v) is 4.99. The molecule has 0 amide bonds. The molecule has 0 radical (unpaired) electrons. The molecule has 4 rings (SSSR count). The van der Waals surface area contributed by atoms with Crippen molar-refractivity contribution in [3.05, 3.63) is 47.5 Å². The molecule has 1 aromatic heterocycles. The maximum Gasteiger partial charge on any atom is 0.320 e. The molecule has 0 aliphatic carbocycles. The van der Waals surface area contributed by atoms with Crippen LogP contribution in [-0.4, -0.2) is 17.0 Å². The molecule has 22 heavy (non-hydrogen) atoms. The second-order valence-electron chi connectivity index (χ2n) is 4.59. The molecule has 0 bridgehead atoms. The zero-order chi connectivity index (χ0) is 14.9. The number of fused-ring (bicyclic) bond motifs is 1. The Morgan fingerprint density at radius 2 is 1.86 bits per heavy atom. The Labute approximate surface area is 130 Å². The highest BCUT2D eigenvalue weighted by Crippen LogP contribution is 2.35. The van der Waals surface area contributed by atoms with Crippen LogP contribution in [0.2, 0.25) is 5.02 Å². The second kappa shape index (κ2) is 5.23. The van der Waals surface area contributed by atoms with Crippen molar-refractivity contribution in [2.24, 2.45) is 0 Å². The van der Waals surface area contributed by atoms with Crippen LogP contribution in [0.4, 0.5) is 11.7 Å². The summed E-state index contributed by atoms with van der Waals surface area (Å²) in [6.07, 6.45) is 0. The van der Waals surface area contributed by atoms with E-state index in [4.69, 9.17) is 25.5 Å². The number of hydrogen-bond donors (Lipinski definition) is 1. The van der Waals surface area contributed by atoms with Gasteiger partial charge in [-0.25, -0.2) is 0 Å². The maximum atomic E-state index is 6.11. The Morgan fingerprint density at radius 1 is 1.00 bits per heavy atom. The van der Waals surface area contributed by atoms with Gasteiger partial charge in [0, 0.05) is 11.8 Å². The summed E-state index contributed by atoms with van der Waals surface area (Å²) in [5.74, 6) is 1.75. The van der Waals surface area contributed by atoms with Crippen LogP contribution in [0.1, 0.15) is 0 Å². The molecule has 0 atom stereocenters. The SMILES string of the molecule is Clc1ccccc1-c1nnc(Nc2ccc3c(c2)OCO3)o1. The maximum absolute atomic E-state index is 6.11. The summed E-state index contributed by atoms with van der Waals surface area (Å²) in [5.41, 5.74) is 1.45. The predicted octanol–water partition coefficient (Wildman–Crippen LogP) is 3.86. The van der Waals surface area contributed by atoms with Gasteiger partial charge in [-0.15, -0.1) is 5.10 Å². The van der Waals surface area contributed by atoms with Gasteiger partial charge in [0.25, 0.3) is 5.89 Å². The van der Waals surface area contributed by atoms with Gasteiger partial charge in [0.05, 0.1) is 10.6 Å². The summed E-state index contributed by atoms with van der Waals surface area (Å²) in [7, 11) is 0. The summed E-state index contributed by atoms with van der Waals surface area (Å²) in [5, 5.41) is 11.5. The van der Waals surface area contributed by atoms with E-state index in [2.05, 4.69) is 15.5 Å². The van der Waals surface area contributed by atoms with Crippen LogP contribution in [0.15, 0.2) is 46.9 Å². The predicted molar refractivity (Wildman–Crippen MR) is 80.6 cm³/mol. The lowest BCUT2D eigenvalue weighted by molar-refractivity contribution is 0.174. The van der Waals surface area contributed by atoms with Crippen LogP contribution in [-0.2, 0) is 0 Å². The molecule has 0 fully saturated rings. The minimum Gasteiger partial charge on any atom is -0.454 e. The Hall–Kier alpha value is -2.73. The van der Waals surface area contributed by atoms with E-state index >= 15 is 0 Å². The summed E-state index contributed by atoms with van der Waals surface area (Å²) >= 11 is 6.11. The van der Waals surface area contributed by atoms with E-state index in [0.29, 0.717) is 28.0 Å². The third-order valence-electron chi connectivity index (χ3n) is 3.15. The number of aromatic nitrogens is 2. The Balaban J connectivity index is 1.59. The van der Waals surface area contributed by atoms with Gasteiger partial charge >= 0.3 is 6.01 Å². The van der Waals surface area contributed by atoms with E-state index in [9.17, 15) is 0 Å². The number of ether oxygens (including phenoxy) is 2. The first-order valence-corrected chi connectivity index (χ1v) is 6.92. The van der Waals surface area contributed by atoms with Crippen molar-refractivity contribution in [3.8, 4) is 23.0 Å². The Bertz CT molecular complexity index is 834. The number of anilines is 2. The topological polar surface area (TPSA) is 69.4 Å². The van der Waals surface area contributed by atoms with Crippen molar-refractivity contribution in [2.45, 2.75) is 0 Å². The van der Waals surface area contributed by atoms with Gasteiger partial charge in [-0.2, -0.15) is 0 Å². The average Bonchev–Trinajstić information content (AvgIpc) is 3.16. The van der Waals surface area contributed by atoms with Gasteiger partial charge < -0.3 is 19.2 Å². The highest BCUT2D eigenvalue weighted by Gasteiger charge is 2.15. The van der Waals surface area contributed by atoms with Crippen LogP contribution in [0.3, 0.4) is 0 Å². The number of benzene rings is 2. The highest BCUT2D eigenvalue weighted by molar-refractivity contribution is 6.33. The van der Waals surface area contributed by atoms with Crippen molar-refractivity contribution in [2.75, 3.05) is 12.1 Å². The minimum atomic E-state index is 0.232. The van der Waals surface area contributed by atoms with Crippen molar-refractivity contribution in [1.82, 2.24) is 10.2 Å². The van der Waals surface area contributed by atoms with Gasteiger partial charge in [-0.3, -0.25) is 0 Å². The normalized spacial score (nSPS) is 12.4. The Kier molecular flexibility index (Phi) is 3.08. The molecule has 1 aliphatic rings. The van der Waals surface area contributed by atoms with Gasteiger partial charge in [-0.1, -0.05) is 28.8 Å². The summed E-state index contributed by atoms with van der Waals surface area (Å²) in [4.78, 5) is 0. The van der Waals surface area contributed by atoms with Crippen LogP contribution in [0.25, 0.3) is 11.5 Å². The largest absolute Gasteiger partial charge is 0.454 e. The van der Waals surface area contributed by atoms with Gasteiger partial charge in [-0.05, 0) is 24.3 Å². The fraction of sp³-hybridized carbons (Fsp3) is 0.0667. The molecule has 7 heteroatoms.